The van der Waals surface area contributed by atoms with Gasteiger partial charge in [-0.2, -0.15) is 0 Å². The standard InChI is InChI=1S/C17H24N4OS/c1-12-13(2)23-16(21-12)11-20-17(18-3)19-10-9-14-7-5-6-8-15(14)22-4/h5-8H,9-11H2,1-4H3,(H2,18,19,20). The van der Waals surface area contributed by atoms with Gasteiger partial charge in [-0.3, -0.25) is 4.99 Å². The molecule has 0 atom stereocenters. The summed E-state index contributed by atoms with van der Waals surface area (Å²) in [6.07, 6.45) is 0.875. The third-order valence-electron chi connectivity index (χ3n) is 3.58. The van der Waals surface area contributed by atoms with Crippen molar-refractivity contribution >= 4 is 17.3 Å². The van der Waals surface area contributed by atoms with Crippen molar-refractivity contribution in [2.75, 3.05) is 20.7 Å². The summed E-state index contributed by atoms with van der Waals surface area (Å²) in [5, 5.41) is 7.69. The largest absolute Gasteiger partial charge is 0.496 e. The molecule has 1 aromatic carbocycles. The smallest absolute Gasteiger partial charge is 0.191 e. The molecule has 0 radical (unpaired) electrons. The predicted octanol–water partition coefficient (Wildman–Crippen LogP) is 2.68. The Bertz CT molecular complexity index is 647. The SMILES string of the molecule is CN=C(NCCc1ccccc1OC)NCc1nc(C)c(C)s1. The summed E-state index contributed by atoms with van der Waals surface area (Å²) in [5.74, 6) is 1.70. The van der Waals surface area contributed by atoms with Crippen molar-refractivity contribution in [1.29, 1.82) is 0 Å². The molecule has 0 aliphatic carbocycles. The number of hydrogen-bond acceptors (Lipinski definition) is 4. The lowest BCUT2D eigenvalue weighted by Crippen LogP contribution is -2.37. The zero-order chi connectivity index (χ0) is 16.7. The summed E-state index contributed by atoms with van der Waals surface area (Å²) >= 11 is 1.72. The average Bonchev–Trinajstić information content (AvgIpc) is 2.89. The molecule has 2 N–H and O–H groups in total. The molecule has 0 aliphatic heterocycles. The molecular formula is C17H24N4OS. The Labute approximate surface area is 141 Å². The van der Waals surface area contributed by atoms with Gasteiger partial charge in [0.2, 0.25) is 0 Å². The minimum absolute atomic E-state index is 0.688. The van der Waals surface area contributed by atoms with E-state index in [1.807, 2.05) is 25.1 Å². The van der Waals surface area contributed by atoms with Crippen LogP contribution in [0.25, 0.3) is 0 Å². The van der Waals surface area contributed by atoms with Crippen LogP contribution in [-0.4, -0.2) is 31.6 Å². The number of rotatable bonds is 6. The molecule has 0 fully saturated rings. The molecule has 0 aliphatic rings. The van der Waals surface area contributed by atoms with E-state index in [0.29, 0.717) is 6.54 Å². The molecule has 2 aromatic rings. The molecule has 5 nitrogen and oxygen atoms in total. The minimum Gasteiger partial charge on any atom is -0.496 e. The molecular weight excluding hydrogens is 308 g/mol. The Hall–Kier alpha value is -2.08. The number of ether oxygens (including phenoxy) is 1. The molecule has 0 amide bonds. The van der Waals surface area contributed by atoms with Gasteiger partial charge >= 0.3 is 0 Å². The number of thiazole rings is 1. The zero-order valence-corrected chi connectivity index (χ0v) is 15.0. The second-order valence-corrected chi connectivity index (χ2v) is 6.45. The molecule has 6 heteroatoms. The van der Waals surface area contributed by atoms with Crippen LogP contribution in [0.15, 0.2) is 29.3 Å². The number of nitrogens with zero attached hydrogens (tertiary/aromatic N) is 2. The second kappa shape index (κ2) is 8.53. The van der Waals surface area contributed by atoms with E-state index in [1.165, 1.54) is 10.4 Å². The van der Waals surface area contributed by atoms with Crippen molar-refractivity contribution < 1.29 is 4.74 Å². The number of aryl methyl sites for hydroxylation is 2. The van der Waals surface area contributed by atoms with Crippen LogP contribution in [0.4, 0.5) is 0 Å². The van der Waals surface area contributed by atoms with Gasteiger partial charge in [0, 0.05) is 18.5 Å². The van der Waals surface area contributed by atoms with Crippen molar-refractivity contribution in [3.8, 4) is 5.75 Å². The van der Waals surface area contributed by atoms with E-state index in [9.17, 15) is 0 Å². The van der Waals surface area contributed by atoms with Gasteiger partial charge in [0.05, 0.1) is 19.3 Å². The van der Waals surface area contributed by atoms with Crippen molar-refractivity contribution in [2.24, 2.45) is 4.99 Å². The first-order chi connectivity index (χ1) is 11.1. The molecule has 0 saturated carbocycles. The molecule has 1 aromatic heterocycles. The first kappa shape index (κ1) is 17.3. The fourth-order valence-corrected chi connectivity index (χ4v) is 3.09. The van der Waals surface area contributed by atoms with E-state index >= 15 is 0 Å². The Kier molecular flexibility index (Phi) is 6.40. The van der Waals surface area contributed by atoms with Crippen molar-refractivity contribution in [1.82, 2.24) is 15.6 Å². The maximum absolute atomic E-state index is 5.37. The third kappa shape index (κ3) is 4.96. The average molecular weight is 332 g/mol. The number of guanidine groups is 1. The van der Waals surface area contributed by atoms with Gasteiger partial charge in [0.25, 0.3) is 0 Å². The molecule has 0 saturated heterocycles. The quantitative estimate of drug-likeness (QED) is 0.631. The van der Waals surface area contributed by atoms with Gasteiger partial charge in [0.1, 0.15) is 10.8 Å². The Balaban J connectivity index is 1.81. The summed E-state index contributed by atoms with van der Waals surface area (Å²) in [5.41, 5.74) is 2.29. The maximum atomic E-state index is 5.37. The van der Waals surface area contributed by atoms with Crippen molar-refractivity contribution in [3.05, 3.63) is 45.4 Å². The Morgan fingerprint density at radius 1 is 1.26 bits per heavy atom. The van der Waals surface area contributed by atoms with Gasteiger partial charge < -0.3 is 15.4 Å². The summed E-state index contributed by atoms with van der Waals surface area (Å²) in [4.78, 5) is 10.0. The van der Waals surface area contributed by atoms with Crippen LogP contribution >= 0.6 is 11.3 Å². The lowest BCUT2D eigenvalue weighted by atomic mass is 10.1. The molecule has 2 rings (SSSR count). The number of para-hydroxylation sites is 1. The van der Waals surface area contributed by atoms with Crippen LogP contribution < -0.4 is 15.4 Å². The second-order valence-electron chi connectivity index (χ2n) is 5.16. The molecule has 0 unspecified atom stereocenters. The van der Waals surface area contributed by atoms with Crippen LogP contribution in [0.2, 0.25) is 0 Å². The van der Waals surface area contributed by atoms with E-state index in [-0.39, 0.29) is 0 Å². The topological polar surface area (TPSA) is 58.5 Å². The maximum Gasteiger partial charge on any atom is 0.191 e. The van der Waals surface area contributed by atoms with Gasteiger partial charge in [0.15, 0.2) is 5.96 Å². The van der Waals surface area contributed by atoms with Crippen molar-refractivity contribution in [3.63, 3.8) is 0 Å². The van der Waals surface area contributed by atoms with Gasteiger partial charge in [-0.05, 0) is 31.9 Å². The minimum atomic E-state index is 0.688. The fraction of sp³-hybridized carbons (Fsp3) is 0.412. The summed E-state index contributed by atoms with van der Waals surface area (Å²) in [6.45, 7) is 5.61. The van der Waals surface area contributed by atoms with Crippen LogP contribution in [-0.2, 0) is 13.0 Å². The predicted molar refractivity (Wildman–Crippen MR) is 96.5 cm³/mol. The summed E-state index contributed by atoms with van der Waals surface area (Å²) < 4.78 is 5.37. The first-order valence-corrected chi connectivity index (χ1v) is 8.45. The lowest BCUT2D eigenvalue weighted by molar-refractivity contribution is 0.409. The van der Waals surface area contributed by atoms with E-state index in [1.54, 1.807) is 25.5 Å². The molecule has 0 bridgehead atoms. The number of hydrogen-bond donors (Lipinski definition) is 2. The lowest BCUT2D eigenvalue weighted by Gasteiger charge is -2.12. The highest BCUT2D eigenvalue weighted by Gasteiger charge is 2.05. The molecule has 0 spiro atoms. The summed E-state index contributed by atoms with van der Waals surface area (Å²) in [6, 6.07) is 8.07. The fourth-order valence-electron chi connectivity index (χ4n) is 2.22. The highest BCUT2D eigenvalue weighted by atomic mass is 32.1. The van der Waals surface area contributed by atoms with E-state index in [2.05, 4.69) is 33.6 Å². The molecule has 1 heterocycles. The highest BCUT2D eigenvalue weighted by Crippen LogP contribution is 2.17. The summed E-state index contributed by atoms with van der Waals surface area (Å²) in [7, 11) is 3.47. The normalized spacial score (nSPS) is 11.4. The van der Waals surface area contributed by atoms with Crippen molar-refractivity contribution in [2.45, 2.75) is 26.8 Å². The number of aromatic nitrogens is 1. The van der Waals surface area contributed by atoms with Gasteiger partial charge in [-0.1, -0.05) is 18.2 Å². The number of methoxy groups -OCH3 is 1. The van der Waals surface area contributed by atoms with E-state index in [4.69, 9.17) is 4.74 Å². The van der Waals surface area contributed by atoms with Crippen LogP contribution in [0.3, 0.4) is 0 Å². The molecule has 23 heavy (non-hydrogen) atoms. The van der Waals surface area contributed by atoms with Crippen LogP contribution in [0, 0.1) is 13.8 Å². The first-order valence-electron chi connectivity index (χ1n) is 7.63. The number of aliphatic imine (C=N–C) groups is 1. The number of nitrogens with one attached hydrogen (secondary N) is 2. The van der Waals surface area contributed by atoms with E-state index < -0.39 is 0 Å². The molecule has 124 valence electrons. The Morgan fingerprint density at radius 2 is 2.04 bits per heavy atom. The monoisotopic (exact) mass is 332 g/mol. The van der Waals surface area contributed by atoms with Crippen LogP contribution in [0.1, 0.15) is 21.1 Å². The van der Waals surface area contributed by atoms with Crippen LogP contribution in [0.5, 0.6) is 5.75 Å². The zero-order valence-electron chi connectivity index (χ0n) is 14.1. The highest BCUT2D eigenvalue weighted by molar-refractivity contribution is 7.11. The number of benzene rings is 1. The van der Waals surface area contributed by atoms with Gasteiger partial charge in [-0.25, -0.2) is 4.98 Å². The van der Waals surface area contributed by atoms with Gasteiger partial charge in [-0.15, -0.1) is 11.3 Å². The Morgan fingerprint density at radius 3 is 2.70 bits per heavy atom. The third-order valence-corrected chi connectivity index (χ3v) is 4.66. The van der Waals surface area contributed by atoms with E-state index in [0.717, 1.165) is 35.4 Å².